The van der Waals surface area contributed by atoms with E-state index < -0.39 is 5.97 Å². The van der Waals surface area contributed by atoms with Crippen molar-refractivity contribution in [2.24, 2.45) is 0 Å². The van der Waals surface area contributed by atoms with Gasteiger partial charge in [0.05, 0.1) is 60.1 Å². The normalized spacial score (nSPS) is 12.5. The summed E-state index contributed by atoms with van der Waals surface area (Å²) in [5.41, 5.74) is 12.0. The van der Waals surface area contributed by atoms with Crippen molar-refractivity contribution in [2.45, 2.75) is 32.3 Å². The maximum Gasteiger partial charge on any atom is 0.335 e. The third-order valence-electron chi connectivity index (χ3n) is 8.96. The first kappa shape index (κ1) is 35.7. The molecule has 0 fully saturated rings. The fourth-order valence-corrected chi connectivity index (χ4v) is 6.17. The highest BCUT2D eigenvalue weighted by Crippen LogP contribution is 2.35. The molecule has 0 unspecified atom stereocenters. The highest BCUT2D eigenvalue weighted by Gasteiger charge is 2.20. The Balaban J connectivity index is 1.62. The van der Waals surface area contributed by atoms with Crippen LogP contribution in [0, 0.1) is 0 Å². The zero-order chi connectivity index (χ0) is 35.7. The lowest BCUT2D eigenvalue weighted by Crippen LogP contribution is -2.01. The summed E-state index contributed by atoms with van der Waals surface area (Å²) in [5.74, 6) is -0.409. The topological polar surface area (TPSA) is 141 Å². The van der Waals surface area contributed by atoms with Crippen molar-refractivity contribution in [3.8, 4) is 5.75 Å². The molecule has 0 saturated heterocycles. The van der Waals surface area contributed by atoms with Gasteiger partial charge < -0.3 is 38.8 Å². The number of benzene rings is 1. The first-order valence-corrected chi connectivity index (χ1v) is 17.0. The molecule has 8 bridgehead atoms. The Morgan fingerprint density at radius 2 is 1.22 bits per heavy atom. The number of aromatic amines is 2. The molecule has 2 aliphatic rings. The van der Waals surface area contributed by atoms with E-state index in [1.165, 1.54) is 0 Å². The zero-order valence-electron chi connectivity index (χ0n) is 29.5. The van der Waals surface area contributed by atoms with Gasteiger partial charge in [0.25, 0.3) is 0 Å². The van der Waals surface area contributed by atoms with Crippen LogP contribution in [-0.2, 0) is 38.4 Å². The minimum atomic E-state index is -0.976. The second-order valence-corrected chi connectivity index (χ2v) is 12.4. The van der Waals surface area contributed by atoms with Gasteiger partial charge in [-0.15, -0.1) is 0 Å². The maximum atomic E-state index is 11.5. The van der Waals surface area contributed by atoms with Crippen molar-refractivity contribution in [2.75, 3.05) is 54.9 Å². The summed E-state index contributed by atoms with van der Waals surface area (Å²) >= 11 is 0. The van der Waals surface area contributed by atoms with Gasteiger partial charge in [0, 0.05) is 45.5 Å². The van der Waals surface area contributed by atoms with Crippen molar-refractivity contribution >= 4 is 51.3 Å². The molecular formula is C40H44N4O7. The van der Waals surface area contributed by atoms with Crippen molar-refractivity contribution in [1.29, 1.82) is 0 Å². The summed E-state index contributed by atoms with van der Waals surface area (Å²) < 4.78 is 28.5. The molecule has 0 radical (unpaired) electrons. The Morgan fingerprint density at radius 1 is 0.647 bits per heavy atom. The first-order chi connectivity index (χ1) is 24.9. The number of nitrogens with one attached hydrogen (secondary N) is 2. The molecule has 6 rings (SSSR count). The lowest BCUT2D eigenvalue weighted by molar-refractivity contribution is 0.0696. The summed E-state index contributed by atoms with van der Waals surface area (Å²) in [7, 11) is 6.79. The molecule has 51 heavy (non-hydrogen) atoms. The summed E-state index contributed by atoms with van der Waals surface area (Å²) in [5, 5.41) is 9.40. The molecule has 1 aromatic carbocycles. The number of ether oxygens (including phenoxy) is 5. The van der Waals surface area contributed by atoms with Crippen LogP contribution in [0.1, 0.15) is 62.7 Å². The molecule has 0 spiro atoms. The van der Waals surface area contributed by atoms with Crippen molar-refractivity contribution in [3.63, 3.8) is 0 Å². The molecule has 0 aliphatic carbocycles. The SMILES string of the molecule is COCCC1=Cc2nc1ccc1[nH]c(cc1CCOC)c1nc(c(OCc3ccc(C(=O)O)cc3)cc3[nH]c2cc3CCOC)C(CCOC)=C1. The largest absolute Gasteiger partial charge is 0.487 e. The fourth-order valence-electron chi connectivity index (χ4n) is 6.17. The van der Waals surface area contributed by atoms with E-state index in [1.807, 2.05) is 6.07 Å². The molecular weight excluding hydrogens is 648 g/mol. The Kier molecular flexibility index (Phi) is 11.7. The van der Waals surface area contributed by atoms with Gasteiger partial charge in [-0.2, -0.15) is 0 Å². The van der Waals surface area contributed by atoms with E-state index in [-0.39, 0.29) is 12.2 Å². The average molecular weight is 693 g/mol. The fraction of sp³-hybridized carbons (Fsp3) is 0.325. The number of aromatic carboxylic acids is 1. The van der Waals surface area contributed by atoms with Crippen LogP contribution in [0.3, 0.4) is 0 Å². The number of hydrogen-bond acceptors (Lipinski definition) is 8. The molecule has 11 nitrogen and oxygen atoms in total. The summed E-state index contributed by atoms with van der Waals surface area (Å²) in [6.07, 6.45) is 6.93. The van der Waals surface area contributed by atoms with E-state index >= 15 is 0 Å². The Hall–Kier alpha value is -5.07. The van der Waals surface area contributed by atoms with Gasteiger partial charge in [0.15, 0.2) is 0 Å². The standard InChI is InChI=1S/C40H44N4O7/c1-47-15-11-27-19-34-35-21-29(13-17-49-3)33(43-35)23-38(51-24-25-5-7-26(8-6-25)40(45)46)39-30(14-18-50-4)22-37(44-39)36-20-28(12-16-48-2)32(42-36)10-9-31(27)41-34/h5-10,19-23,42-43H,11-18,24H2,1-4H3,(H,45,46). The first-order valence-electron chi connectivity index (χ1n) is 17.0. The lowest BCUT2D eigenvalue weighted by atomic mass is 10.1. The van der Waals surface area contributed by atoms with Gasteiger partial charge in [-0.1, -0.05) is 12.1 Å². The smallest absolute Gasteiger partial charge is 0.335 e. The number of fused-ring (bicyclic) bond motifs is 10. The number of carbonyl (C=O) groups is 1. The van der Waals surface area contributed by atoms with Crippen LogP contribution >= 0.6 is 0 Å². The molecule has 0 amide bonds. The monoisotopic (exact) mass is 692 g/mol. The zero-order valence-corrected chi connectivity index (χ0v) is 29.5. The summed E-state index contributed by atoms with van der Waals surface area (Å²) in [6.45, 7) is 2.38. The van der Waals surface area contributed by atoms with E-state index in [4.69, 9.17) is 33.7 Å². The second-order valence-electron chi connectivity index (χ2n) is 12.4. The number of methoxy groups -OCH3 is 4. The van der Waals surface area contributed by atoms with Gasteiger partial charge in [-0.3, -0.25) is 0 Å². The van der Waals surface area contributed by atoms with Crippen LogP contribution in [0.25, 0.3) is 45.4 Å². The third kappa shape index (κ3) is 8.46. The van der Waals surface area contributed by atoms with Gasteiger partial charge in [-0.05, 0) is 102 Å². The summed E-state index contributed by atoms with van der Waals surface area (Å²) in [6, 6.07) is 17.1. The Bertz CT molecular complexity index is 2090. The molecule has 5 heterocycles. The van der Waals surface area contributed by atoms with Crippen LogP contribution in [-0.4, -0.2) is 85.9 Å². The van der Waals surface area contributed by atoms with Crippen LogP contribution in [0.2, 0.25) is 0 Å². The van der Waals surface area contributed by atoms with E-state index in [2.05, 4.69) is 46.4 Å². The molecule has 11 heteroatoms. The summed E-state index contributed by atoms with van der Waals surface area (Å²) in [4.78, 5) is 29.0. The number of H-pyrrole nitrogens is 2. The molecule has 2 aliphatic heterocycles. The highest BCUT2D eigenvalue weighted by atomic mass is 16.5. The average Bonchev–Trinajstić information content (AvgIpc) is 3.93. The Labute approximate surface area is 296 Å². The minimum absolute atomic E-state index is 0.202. The van der Waals surface area contributed by atoms with Gasteiger partial charge in [-0.25, -0.2) is 14.8 Å². The third-order valence-corrected chi connectivity index (χ3v) is 8.96. The predicted octanol–water partition coefficient (Wildman–Crippen LogP) is 7.12. The number of rotatable bonds is 16. The van der Waals surface area contributed by atoms with Crippen LogP contribution < -0.4 is 4.74 Å². The van der Waals surface area contributed by atoms with E-state index in [0.717, 1.165) is 79.8 Å². The number of nitrogens with zero attached hydrogens (tertiary/aromatic N) is 2. The molecule has 0 saturated carbocycles. The van der Waals surface area contributed by atoms with Gasteiger partial charge in [0.2, 0.25) is 0 Å². The quantitative estimate of drug-likeness (QED) is 0.112. The number of aromatic nitrogens is 4. The van der Waals surface area contributed by atoms with E-state index in [1.54, 1.807) is 52.7 Å². The van der Waals surface area contributed by atoms with Gasteiger partial charge in [0.1, 0.15) is 18.1 Å². The number of carboxylic acids is 1. The molecule has 0 atom stereocenters. The molecule has 3 N–H and O–H groups in total. The lowest BCUT2D eigenvalue weighted by Gasteiger charge is -2.10. The van der Waals surface area contributed by atoms with Crippen molar-refractivity contribution in [3.05, 3.63) is 99.6 Å². The number of carboxylic acid groups (broad SMARTS) is 1. The maximum absolute atomic E-state index is 11.5. The predicted molar refractivity (Wildman–Crippen MR) is 199 cm³/mol. The molecule has 4 aromatic rings. The van der Waals surface area contributed by atoms with E-state index in [9.17, 15) is 9.90 Å². The number of hydrogen-bond donors (Lipinski definition) is 3. The molecule has 3 aromatic heterocycles. The van der Waals surface area contributed by atoms with Crippen LogP contribution in [0.4, 0.5) is 0 Å². The van der Waals surface area contributed by atoms with Crippen LogP contribution in [0.15, 0.2) is 54.6 Å². The van der Waals surface area contributed by atoms with Crippen molar-refractivity contribution < 1.29 is 33.6 Å². The highest BCUT2D eigenvalue weighted by molar-refractivity contribution is 5.92. The Morgan fingerprint density at radius 3 is 1.86 bits per heavy atom. The second kappa shape index (κ2) is 16.8. The minimum Gasteiger partial charge on any atom is -0.487 e. The van der Waals surface area contributed by atoms with Crippen LogP contribution in [0.5, 0.6) is 5.75 Å². The van der Waals surface area contributed by atoms with Gasteiger partial charge >= 0.3 is 5.97 Å². The molecule has 266 valence electrons. The van der Waals surface area contributed by atoms with E-state index in [0.29, 0.717) is 50.7 Å². The van der Waals surface area contributed by atoms with Crippen molar-refractivity contribution in [1.82, 2.24) is 19.9 Å².